The maximum Gasteiger partial charge on any atom is 0.232 e. The van der Waals surface area contributed by atoms with Crippen molar-refractivity contribution in [2.45, 2.75) is 6.42 Å². The number of benzene rings is 2. The van der Waals surface area contributed by atoms with Crippen LogP contribution in [0.25, 0.3) is 10.9 Å². The molecular weight excluding hydrogens is 266 g/mol. The molecule has 0 saturated heterocycles. The number of anilines is 1. The van der Waals surface area contributed by atoms with Gasteiger partial charge in [-0.2, -0.15) is 5.10 Å². The monoisotopic (exact) mass is 279 g/mol. The fraction of sp³-hybridized carbons (Fsp3) is 0.0625. The van der Waals surface area contributed by atoms with E-state index in [-0.39, 0.29) is 18.1 Å². The predicted octanol–water partition coefficient (Wildman–Crippen LogP) is 2.77. The lowest BCUT2D eigenvalue weighted by molar-refractivity contribution is -0.115. The molecular formula is C16H13N3O2. The van der Waals surface area contributed by atoms with Crippen molar-refractivity contribution in [3.8, 4) is 0 Å². The number of aromatic amines is 1. The van der Waals surface area contributed by atoms with Gasteiger partial charge in [0, 0.05) is 10.9 Å². The zero-order valence-corrected chi connectivity index (χ0v) is 11.2. The molecule has 0 radical (unpaired) electrons. The molecule has 21 heavy (non-hydrogen) atoms. The Labute approximate surface area is 121 Å². The van der Waals surface area contributed by atoms with Crippen LogP contribution in [0.3, 0.4) is 0 Å². The summed E-state index contributed by atoms with van der Waals surface area (Å²) < 4.78 is 0. The van der Waals surface area contributed by atoms with Crippen molar-refractivity contribution in [3.63, 3.8) is 0 Å². The van der Waals surface area contributed by atoms with Crippen LogP contribution in [-0.2, 0) is 4.79 Å². The number of Topliss-reactive ketones (excluding diaryl/α,β-unsaturated/α-hetero) is 1. The van der Waals surface area contributed by atoms with Crippen LogP contribution in [0.2, 0.25) is 0 Å². The molecule has 2 N–H and O–H groups in total. The summed E-state index contributed by atoms with van der Waals surface area (Å²) >= 11 is 0. The summed E-state index contributed by atoms with van der Waals surface area (Å²) in [4.78, 5) is 24.0. The summed E-state index contributed by atoms with van der Waals surface area (Å²) in [7, 11) is 0. The fourth-order valence-corrected chi connectivity index (χ4v) is 2.14. The first-order chi connectivity index (χ1) is 10.2. The second-order valence-corrected chi connectivity index (χ2v) is 4.65. The first kappa shape index (κ1) is 13.1. The van der Waals surface area contributed by atoms with E-state index in [4.69, 9.17) is 0 Å². The van der Waals surface area contributed by atoms with Crippen molar-refractivity contribution in [1.29, 1.82) is 0 Å². The van der Waals surface area contributed by atoms with Crippen molar-refractivity contribution in [2.24, 2.45) is 0 Å². The zero-order chi connectivity index (χ0) is 14.7. The maximum absolute atomic E-state index is 12.0. The van der Waals surface area contributed by atoms with E-state index in [2.05, 4.69) is 15.5 Å². The van der Waals surface area contributed by atoms with E-state index in [0.29, 0.717) is 11.3 Å². The van der Waals surface area contributed by atoms with Crippen LogP contribution in [-0.4, -0.2) is 21.9 Å². The number of nitrogens with one attached hydrogen (secondary N) is 2. The molecule has 0 aliphatic heterocycles. The summed E-state index contributed by atoms with van der Waals surface area (Å²) in [5.41, 5.74) is 2.02. The van der Waals surface area contributed by atoms with Gasteiger partial charge in [0.15, 0.2) is 5.78 Å². The number of hydrogen-bond acceptors (Lipinski definition) is 3. The molecule has 0 bridgehead atoms. The molecule has 1 amide bonds. The van der Waals surface area contributed by atoms with Gasteiger partial charge in [-0.15, -0.1) is 0 Å². The number of ketones is 1. The summed E-state index contributed by atoms with van der Waals surface area (Å²) in [6, 6.07) is 14.2. The van der Waals surface area contributed by atoms with Gasteiger partial charge in [-0.05, 0) is 12.1 Å². The van der Waals surface area contributed by atoms with Gasteiger partial charge in [0.05, 0.1) is 23.8 Å². The van der Waals surface area contributed by atoms with E-state index in [9.17, 15) is 9.59 Å². The normalized spacial score (nSPS) is 10.5. The molecule has 0 aliphatic carbocycles. The number of aromatic nitrogens is 2. The molecule has 3 aromatic rings. The van der Waals surface area contributed by atoms with E-state index in [1.165, 1.54) is 0 Å². The number of rotatable bonds is 4. The Morgan fingerprint density at radius 2 is 1.86 bits per heavy atom. The van der Waals surface area contributed by atoms with E-state index in [1.54, 1.807) is 36.5 Å². The lowest BCUT2D eigenvalue weighted by Crippen LogP contribution is -2.16. The van der Waals surface area contributed by atoms with Crippen LogP contribution in [0, 0.1) is 0 Å². The minimum atomic E-state index is -0.336. The molecule has 1 heterocycles. The minimum Gasteiger partial charge on any atom is -0.325 e. The third kappa shape index (κ3) is 2.81. The number of nitrogens with zero attached hydrogens (tertiary/aromatic N) is 1. The highest BCUT2D eigenvalue weighted by Crippen LogP contribution is 2.21. The van der Waals surface area contributed by atoms with Gasteiger partial charge >= 0.3 is 0 Å². The third-order valence-electron chi connectivity index (χ3n) is 3.18. The van der Waals surface area contributed by atoms with Gasteiger partial charge in [0.2, 0.25) is 5.91 Å². The van der Waals surface area contributed by atoms with Crippen LogP contribution in [0.4, 0.5) is 5.69 Å². The van der Waals surface area contributed by atoms with Gasteiger partial charge in [-0.25, -0.2) is 0 Å². The summed E-state index contributed by atoms with van der Waals surface area (Å²) in [5, 5.41) is 10.3. The minimum absolute atomic E-state index is 0.182. The molecule has 2 aromatic carbocycles. The first-order valence-electron chi connectivity index (χ1n) is 6.54. The molecule has 3 rings (SSSR count). The number of H-pyrrole nitrogens is 1. The number of fused-ring (bicyclic) bond motifs is 1. The Morgan fingerprint density at radius 3 is 2.67 bits per heavy atom. The number of carbonyl (C=O) groups excluding carboxylic acids is 2. The summed E-state index contributed by atoms with van der Waals surface area (Å²) in [6.07, 6.45) is 1.46. The maximum atomic E-state index is 12.0. The van der Waals surface area contributed by atoms with Crippen LogP contribution in [0.1, 0.15) is 16.8 Å². The highest BCUT2D eigenvalue weighted by molar-refractivity contribution is 6.12. The van der Waals surface area contributed by atoms with E-state index < -0.39 is 0 Å². The Morgan fingerprint density at radius 1 is 1.05 bits per heavy atom. The predicted molar refractivity (Wildman–Crippen MR) is 80.1 cm³/mol. The molecule has 104 valence electrons. The van der Waals surface area contributed by atoms with Crippen molar-refractivity contribution < 1.29 is 9.59 Å². The third-order valence-corrected chi connectivity index (χ3v) is 3.18. The SMILES string of the molecule is O=C(CC(=O)c1ccccc1)Nc1cccc2[nH]ncc12. The smallest absolute Gasteiger partial charge is 0.232 e. The lowest BCUT2D eigenvalue weighted by atomic mass is 10.1. The Kier molecular flexibility index (Phi) is 3.47. The molecule has 0 fully saturated rings. The van der Waals surface area contributed by atoms with Gasteiger partial charge < -0.3 is 5.32 Å². The summed E-state index contributed by atoms with van der Waals surface area (Å²) in [5.74, 6) is -0.537. The number of hydrogen-bond donors (Lipinski definition) is 2. The Hall–Kier alpha value is -2.95. The van der Waals surface area contributed by atoms with E-state index in [1.807, 2.05) is 18.2 Å². The van der Waals surface area contributed by atoms with Gasteiger partial charge in [0.1, 0.15) is 0 Å². The largest absolute Gasteiger partial charge is 0.325 e. The average molecular weight is 279 g/mol. The van der Waals surface area contributed by atoms with Crippen molar-refractivity contribution in [2.75, 3.05) is 5.32 Å². The quantitative estimate of drug-likeness (QED) is 0.569. The molecule has 0 aliphatic rings. The van der Waals surface area contributed by atoms with E-state index in [0.717, 1.165) is 10.9 Å². The van der Waals surface area contributed by atoms with Gasteiger partial charge in [0.25, 0.3) is 0 Å². The van der Waals surface area contributed by atoms with Gasteiger partial charge in [-0.1, -0.05) is 36.4 Å². The van der Waals surface area contributed by atoms with Crippen LogP contribution in [0.15, 0.2) is 54.7 Å². The standard InChI is InChI=1S/C16H13N3O2/c20-15(11-5-2-1-3-6-11)9-16(21)18-13-7-4-8-14-12(13)10-17-19-14/h1-8,10H,9H2,(H,17,19)(H,18,21). The number of carbonyl (C=O) groups is 2. The Bertz CT molecular complexity index is 793. The molecule has 0 unspecified atom stereocenters. The lowest BCUT2D eigenvalue weighted by Gasteiger charge is -2.06. The molecule has 0 atom stereocenters. The van der Waals surface area contributed by atoms with Crippen molar-refractivity contribution in [3.05, 3.63) is 60.3 Å². The molecule has 0 spiro atoms. The first-order valence-corrected chi connectivity index (χ1v) is 6.54. The summed E-state index contributed by atoms with van der Waals surface area (Å²) in [6.45, 7) is 0. The molecule has 1 aromatic heterocycles. The highest BCUT2D eigenvalue weighted by Gasteiger charge is 2.13. The van der Waals surface area contributed by atoms with Crippen molar-refractivity contribution >= 4 is 28.3 Å². The topological polar surface area (TPSA) is 74.8 Å². The molecule has 5 nitrogen and oxygen atoms in total. The highest BCUT2D eigenvalue weighted by atomic mass is 16.2. The van der Waals surface area contributed by atoms with Crippen LogP contribution in [0.5, 0.6) is 0 Å². The second kappa shape index (κ2) is 5.58. The second-order valence-electron chi connectivity index (χ2n) is 4.65. The average Bonchev–Trinajstić information content (AvgIpc) is 2.97. The fourth-order valence-electron chi connectivity index (χ4n) is 2.14. The van der Waals surface area contributed by atoms with Gasteiger partial charge in [-0.3, -0.25) is 14.7 Å². The zero-order valence-electron chi connectivity index (χ0n) is 11.2. The molecule has 0 saturated carbocycles. The number of amides is 1. The van der Waals surface area contributed by atoms with Crippen LogP contribution >= 0.6 is 0 Å². The molecule has 5 heteroatoms. The van der Waals surface area contributed by atoms with E-state index >= 15 is 0 Å². The van der Waals surface area contributed by atoms with Crippen LogP contribution < -0.4 is 5.32 Å². The Balaban J connectivity index is 1.72. The van der Waals surface area contributed by atoms with Crippen molar-refractivity contribution in [1.82, 2.24) is 10.2 Å².